The molecule has 0 saturated heterocycles. The molecule has 11 heteroatoms. The van der Waals surface area contributed by atoms with Gasteiger partial charge in [0.25, 0.3) is 5.91 Å². The van der Waals surface area contributed by atoms with Gasteiger partial charge in [0.15, 0.2) is 12.4 Å². The number of carbonyl (C=O) groups is 4. The van der Waals surface area contributed by atoms with E-state index in [4.69, 9.17) is 18.9 Å². The van der Waals surface area contributed by atoms with E-state index in [0.29, 0.717) is 37.4 Å². The molecule has 0 heterocycles. The molecule has 2 rings (SSSR count). The predicted molar refractivity (Wildman–Crippen MR) is 134 cm³/mol. The van der Waals surface area contributed by atoms with E-state index in [1.807, 2.05) is 0 Å². The summed E-state index contributed by atoms with van der Waals surface area (Å²) >= 11 is 0. The Balaban J connectivity index is 1.37. The topological polar surface area (TPSA) is 158 Å². The molecular weight excluding hydrogens is 498 g/mol. The van der Waals surface area contributed by atoms with Crippen LogP contribution in [0.25, 0.3) is 0 Å². The van der Waals surface area contributed by atoms with E-state index in [0.717, 1.165) is 0 Å². The van der Waals surface area contributed by atoms with Crippen molar-refractivity contribution in [1.29, 1.82) is 0 Å². The smallest absolute Gasteiger partial charge is 0.310 e. The van der Waals surface area contributed by atoms with Gasteiger partial charge in [0.2, 0.25) is 0 Å². The van der Waals surface area contributed by atoms with Crippen molar-refractivity contribution < 1.29 is 48.3 Å². The fourth-order valence-electron chi connectivity index (χ4n) is 3.05. The van der Waals surface area contributed by atoms with Gasteiger partial charge < -0.3 is 34.5 Å². The van der Waals surface area contributed by atoms with Gasteiger partial charge in [-0.2, -0.15) is 0 Å². The summed E-state index contributed by atoms with van der Waals surface area (Å²) < 4.78 is 20.6. The molecule has 0 aliphatic heterocycles. The number of ketones is 1. The average Bonchev–Trinajstić information content (AvgIpc) is 2.90. The summed E-state index contributed by atoms with van der Waals surface area (Å²) in [6.07, 6.45) is 0.727. The van der Waals surface area contributed by atoms with E-state index in [9.17, 15) is 29.4 Å². The predicted octanol–water partition coefficient (Wildman–Crippen LogP) is 1.47. The number of phenolic OH excluding ortho intramolecular Hbond substituents is 2. The quantitative estimate of drug-likeness (QED) is 0.190. The summed E-state index contributed by atoms with van der Waals surface area (Å²) in [6.45, 7) is 0.792. The zero-order valence-electron chi connectivity index (χ0n) is 21.1. The van der Waals surface area contributed by atoms with Crippen molar-refractivity contribution in [1.82, 2.24) is 5.32 Å². The number of hydrogen-bond acceptors (Lipinski definition) is 10. The molecule has 0 saturated carbocycles. The molecule has 0 atom stereocenters. The SMILES string of the molecule is O=C(CCCOCCOCCNC(=O)COC(=O)Cc1ccc(O)cc1)COC(=O)Cc1ccc(O)cc1. The highest BCUT2D eigenvalue weighted by atomic mass is 16.5. The normalized spacial score (nSPS) is 10.5. The second kappa shape index (κ2) is 17.5. The molecule has 2 aromatic carbocycles. The van der Waals surface area contributed by atoms with Gasteiger partial charge in [0, 0.05) is 19.6 Å². The summed E-state index contributed by atoms with van der Waals surface area (Å²) in [5.74, 6) is -1.50. The Bertz CT molecular complexity index is 938. The summed E-state index contributed by atoms with van der Waals surface area (Å²) in [5.41, 5.74) is 1.35. The lowest BCUT2D eigenvalue weighted by Gasteiger charge is -2.08. The summed E-state index contributed by atoms with van der Waals surface area (Å²) in [6, 6.07) is 12.3. The van der Waals surface area contributed by atoms with Crippen molar-refractivity contribution in [2.45, 2.75) is 25.7 Å². The van der Waals surface area contributed by atoms with Gasteiger partial charge in [0.05, 0.1) is 32.7 Å². The minimum atomic E-state index is -0.549. The first-order valence-electron chi connectivity index (χ1n) is 12.1. The molecule has 0 aliphatic carbocycles. The van der Waals surface area contributed by atoms with Crippen LogP contribution < -0.4 is 5.32 Å². The molecule has 0 aromatic heterocycles. The fraction of sp³-hybridized carbons (Fsp3) is 0.407. The average molecular weight is 532 g/mol. The lowest BCUT2D eigenvalue weighted by Crippen LogP contribution is -2.32. The van der Waals surface area contributed by atoms with Crippen LogP contribution in [0.1, 0.15) is 24.0 Å². The molecular formula is C27H33NO10. The summed E-state index contributed by atoms with van der Waals surface area (Å²) in [7, 11) is 0. The monoisotopic (exact) mass is 531 g/mol. The highest BCUT2D eigenvalue weighted by Crippen LogP contribution is 2.11. The lowest BCUT2D eigenvalue weighted by molar-refractivity contribution is -0.148. The van der Waals surface area contributed by atoms with E-state index >= 15 is 0 Å². The molecule has 2 aromatic rings. The van der Waals surface area contributed by atoms with Crippen LogP contribution in [0, 0.1) is 0 Å². The minimum absolute atomic E-state index is 0.000363. The maximum atomic E-state index is 11.8. The van der Waals surface area contributed by atoms with Crippen LogP contribution in [0.2, 0.25) is 0 Å². The van der Waals surface area contributed by atoms with Crippen LogP contribution in [-0.4, -0.2) is 80.0 Å². The third-order valence-corrected chi connectivity index (χ3v) is 5.01. The molecule has 0 radical (unpaired) electrons. The molecule has 206 valence electrons. The maximum Gasteiger partial charge on any atom is 0.310 e. The molecule has 0 unspecified atom stereocenters. The minimum Gasteiger partial charge on any atom is -0.508 e. The van der Waals surface area contributed by atoms with Crippen LogP contribution >= 0.6 is 0 Å². The molecule has 0 bridgehead atoms. The highest BCUT2D eigenvalue weighted by molar-refractivity contribution is 5.83. The van der Waals surface area contributed by atoms with Crippen molar-refractivity contribution in [2.75, 3.05) is 46.2 Å². The number of hydrogen-bond donors (Lipinski definition) is 3. The number of phenols is 2. The summed E-state index contributed by atoms with van der Waals surface area (Å²) in [4.78, 5) is 47.1. The van der Waals surface area contributed by atoms with Gasteiger partial charge in [0.1, 0.15) is 18.1 Å². The van der Waals surface area contributed by atoms with Crippen LogP contribution in [0.3, 0.4) is 0 Å². The van der Waals surface area contributed by atoms with Gasteiger partial charge in [-0.3, -0.25) is 19.2 Å². The number of benzene rings is 2. The number of nitrogens with one attached hydrogen (secondary N) is 1. The van der Waals surface area contributed by atoms with Crippen LogP contribution in [0.15, 0.2) is 48.5 Å². The second-order valence-electron chi connectivity index (χ2n) is 8.22. The Morgan fingerprint density at radius 1 is 0.658 bits per heavy atom. The Morgan fingerprint density at radius 2 is 1.16 bits per heavy atom. The van der Waals surface area contributed by atoms with Crippen molar-refractivity contribution in [3.63, 3.8) is 0 Å². The second-order valence-corrected chi connectivity index (χ2v) is 8.22. The molecule has 0 fully saturated rings. The van der Waals surface area contributed by atoms with Gasteiger partial charge in [-0.05, 0) is 41.8 Å². The van der Waals surface area contributed by atoms with Crippen LogP contribution in [0.5, 0.6) is 11.5 Å². The number of rotatable bonds is 18. The van der Waals surface area contributed by atoms with Gasteiger partial charge >= 0.3 is 11.9 Å². The van der Waals surface area contributed by atoms with E-state index in [1.165, 1.54) is 24.3 Å². The lowest BCUT2D eigenvalue weighted by atomic mass is 10.1. The zero-order valence-corrected chi connectivity index (χ0v) is 21.1. The van der Waals surface area contributed by atoms with Crippen LogP contribution in [-0.2, 0) is 51.0 Å². The number of esters is 2. The third-order valence-electron chi connectivity index (χ3n) is 5.01. The Labute approximate surface area is 220 Å². The molecule has 3 N–H and O–H groups in total. The number of ether oxygens (including phenoxy) is 4. The van der Waals surface area contributed by atoms with E-state index in [2.05, 4.69) is 5.32 Å². The van der Waals surface area contributed by atoms with Crippen molar-refractivity contribution in [3.8, 4) is 11.5 Å². The number of carbonyl (C=O) groups excluding carboxylic acids is 4. The van der Waals surface area contributed by atoms with Gasteiger partial charge in [-0.15, -0.1) is 0 Å². The van der Waals surface area contributed by atoms with Crippen molar-refractivity contribution >= 4 is 23.6 Å². The standard InChI is InChI=1S/C27H33NO10/c29-22-7-3-20(4-8-22)16-26(33)37-18-24(31)2-1-12-35-14-15-36-13-11-28-25(32)19-38-27(34)17-21-5-9-23(30)10-6-21/h3-10,29-30H,1-2,11-19H2,(H,28,32). The third kappa shape index (κ3) is 14.0. The first-order valence-corrected chi connectivity index (χ1v) is 12.1. The molecule has 1 amide bonds. The van der Waals surface area contributed by atoms with Crippen molar-refractivity contribution in [3.05, 3.63) is 59.7 Å². The number of Topliss-reactive ketones (excluding diaryl/α,β-unsaturated/α-hetero) is 1. The molecule has 0 aliphatic rings. The Morgan fingerprint density at radius 3 is 1.71 bits per heavy atom. The first kappa shape index (κ1) is 30.3. The molecule has 38 heavy (non-hydrogen) atoms. The van der Waals surface area contributed by atoms with E-state index in [1.54, 1.807) is 24.3 Å². The Hall–Kier alpha value is -3.96. The van der Waals surface area contributed by atoms with Crippen LogP contribution in [0.4, 0.5) is 0 Å². The van der Waals surface area contributed by atoms with Crippen molar-refractivity contribution in [2.24, 2.45) is 0 Å². The van der Waals surface area contributed by atoms with Gasteiger partial charge in [-0.25, -0.2) is 0 Å². The molecule has 11 nitrogen and oxygen atoms in total. The first-order chi connectivity index (χ1) is 18.3. The highest BCUT2D eigenvalue weighted by Gasteiger charge is 2.10. The molecule has 0 spiro atoms. The number of amides is 1. The number of aromatic hydroxyl groups is 2. The van der Waals surface area contributed by atoms with E-state index < -0.39 is 24.5 Å². The largest absolute Gasteiger partial charge is 0.508 e. The van der Waals surface area contributed by atoms with E-state index in [-0.39, 0.29) is 56.3 Å². The fourth-order valence-corrected chi connectivity index (χ4v) is 3.05. The maximum absolute atomic E-state index is 11.8. The Kier molecular flexibility index (Phi) is 13.9. The zero-order chi connectivity index (χ0) is 27.6. The van der Waals surface area contributed by atoms with Gasteiger partial charge in [-0.1, -0.05) is 24.3 Å². The summed E-state index contributed by atoms with van der Waals surface area (Å²) in [5, 5.41) is 21.0.